The Morgan fingerprint density at radius 3 is 2.68 bits per heavy atom. The summed E-state index contributed by atoms with van der Waals surface area (Å²) in [7, 11) is 0. The molecule has 1 unspecified atom stereocenters. The number of amides is 2. The molecule has 0 bridgehead atoms. The molecule has 5 N–H and O–H groups in total. The molecule has 1 heterocycles. The van der Waals surface area contributed by atoms with Crippen LogP contribution in [0.25, 0.3) is 0 Å². The van der Waals surface area contributed by atoms with E-state index in [1.807, 2.05) is 0 Å². The van der Waals surface area contributed by atoms with Gasteiger partial charge < -0.3 is 21.5 Å². The zero-order valence-corrected chi connectivity index (χ0v) is 10.7. The number of nitrogens with two attached hydrogens (primary N) is 2. The van der Waals surface area contributed by atoms with Crippen LogP contribution >= 0.6 is 0 Å². The van der Waals surface area contributed by atoms with Gasteiger partial charge in [-0.3, -0.25) is 9.59 Å². The molecule has 1 aromatic rings. The van der Waals surface area contributed by atoms with Crippen molar-refractivity contribution in [2.45, 2.75) is 13.3 Å². The van der Waals surface area contributed by atoms with Gasteiger partial charge in [0, 0.05) is 18.8 Å². The van der Waals surface area contributed by atoms with Crippen LogP contribution < -0.4 is 11.5 Å². The van der Waals surface area contributed by atoms with Crippen molar-refractivity contribution >= 4 is 17.5 Å². The number of hydrogen-bond donors (Lipinski definition) is 3. The van der Waals surface area contributed by atoms with E-state index in [1.165, 1.54) is 23.1 Å². The minimum atomic E-state index is -0.693. The predicted molar refractivity (Wildman–Crippen MR) is 70.3 cm³/mol. The molecule has 0 spiro atoms. The van der Waals surface area contributed by atoms with Crippen molar-refractivity contribution in [2.75, 3.05) is 18.8 Å². The largest absolute Gasteiger partial charge is 0.508 e. The number of primary amides is 1. The van der Waals surface area contributed by atoms with E-state index in [9.17, 15) is 14.7 Å². The van der Waals surface area contributed by atoms with Gasteiger partial charge in [0.1, 0.15) is 5.75 Å². The van der Waals surface area contributed by atoms with E-state index in [0.29, 0.717) is 18.7 Å². The molecule has 1 atom stereocenters. The molecule has 0 aliphatic carbocycles. The molecule has 102 valence electrons. The smallest absolute Gasteiger partial charge is 0.256 e. The van der Waals surface area contributed by atoms with Gasteiger partial charge in [-0.05, 0) is 31.5 Å². The highest BCUT2D eigenvalue weighted by molar-refractivity contribution is 6.00. The minimum absolute atomic E-state index is 0.0191. The first kappa shape index (κ1) is 13.2. The first-order valence-corrected chi connectivity index (χ1v) is 6.01. The zero-order chi connectivity index (χ0) is 14.2. The molecule has 1 aliphatic heterocycles. The molecule has 2 amide bonds. The van der Waals surface area contributed by atoms with Gasteiger partial charge in [0.2, 0.25) is 5.91 Å². The van der Waals surface area contributed by atoms with Crippen molar-refractivity contribution in [2.24, 2.45) is 11.1 Å². The fourth-order valence-electron chi connectivity index (χ4n) is 2.24. The summed E-state index contributed by atoms with van der Waals surface area (Å²) >= 11 is 0. The Morgan fingerprint density at radius 2 is 2.11 bits per heavy atom. The number of carbonyl (C=O) groups is 2. The summed E-state index contributed by atoms with van der Waals surface area (Å²) in [6.07, 6.45) is 0.535. The van der Waals surface area contributed by atoms with E-state index >= 15 is 0 Å². The van der Waals surface area contributed by atoms with Crippen LogP contribution in [0.15, 0.2) is 18.2 Å². The number of phenolic OH excluding ortho intramolecular Hbond substituents is 1. The predicted octanol–water partition coefficient (Wildman–Crippen LogP) is 0.312. The number of phenols is 1. The summed E-state index contributed by atoms with van der Waals surface area (Å²) in [4.78, 5) is 25.2. The van der Waals surface area contributed by atoms with Gasteiger partial charge in [0.25, 0.3) is 5.91 Å². The maximum absolute atomic E-state index is 12.3. The highest BCUT2D eigenvalue weighted by atomic mass is 16.3. The summed E-state index contributed by atoms with van der Waals surface area (Å²) in [5.74, 6) is -0.723. The van der Waals surface area contributed by atoms with Crippen LogP contribution in [-0.4, -0.2) is 34.9 Å². The van der Waals surface area contributed by atoms with Gasteiger partial charge in [0.15, 0.2) is 0 Å². The van der Waals surface area contributed by atoms with Crippen molar-refractivity contribution in [1.82, 2.24) is 4.90 Å². The van der Waals surface area contributed by atoms with E-state index in [2.05, 4.69) is 0 Å². The van der Waals surface area contributed by atoms with Crippen LogP contribution in [0.2, 0.25) is 0 Å². The molecule has 0 aromatic heterocycles. The van der Waals surface area contributed by atoms with E-state index < -0.39 is 11.3 Å². The van der Waals surface area contributed by atoms with Gasteiger partial charge in [-0.1, -0.05) is 0 Å². The third-order valence-electron chi connectivity index (χ3n) is 3.62. The van der Waals surface area contributed by atoms with E-state index in [1.54, 1.807) is 6.92 Å². The monoisotopic (exact) mass is 263 g/mol. The Bertz CT molecular complexity index is 544. The van der Waals surface area contributed by atoms with Crippen molar-refractivity contribution in [3.05, 3.63) is 23.8 Å². The van der Waals surface area contributed by atoms with Crippen LogP contribution in [0.5, 0.6) is 5.75 Å². The Kier molecular flexibility index (Phi) is 3.09. The first-order valence-electron chi connectivity index (χ1n) is 6.01. The fraction of sp³-hybridized carbons (Fsp3) is 0.385. The summed E-state index contributed by atoms with van der Waals surface area (Å²) in [6, 6.07) is 4.23. The number of nitrogen functional groups attached to an aromatic ring is 1. The van der Waals surface area contributed by atoms with Gasteiger partial charge >= 0.3 is 0 Å². The van der Waals surface area contributed by atoms with Gasteiger partial charge in [-0.25, -0.2) is 0 Å². The van der Waals surface area contributed by atoms with Crippen molar-refractivity contribution in [3.63, 3.8) is 0 Å². The number of aromatic hydroxyl groups is 1. The van der Waals surface area contributed by atoms with E-state index in [4.69, 9.17) is 11.5 Å². The van der Waals surface area contributed by atoms with Crippen molar-refractivity contribution in [3.8, 4) is 5.75 Å². The number of anilines is 1. The third-order valence-corrected chi connectivity index (χ3v) is 3.62. The van der Waals surface area contributed by atoms with Crippen LogP contribution in [0.1, 0.15) is 23.7 Å². The average molecular weight is 263 g/mol. The Balaban J connectivity index is 2.22. The second kappa shape index (κ2) is 4.46. The lowest BCUT2D eigenvalue weighted by molar-refractivity contribution is -0.126. The SMILES string of the molecule is CC1(C(N)=O)CCN(C(=O)c2cc(O)ccc2N)C1. The molecule has 6 nitrogen and oxygen atoms in total. The molecular weight excluding hydrogens is 246 g/mol. The number of rotatable bonds is 2. The lowest BCUT2D eigenvalue weighted by Gasteiger charge is -2.21. The summed E-state index contributed by atoms with van der Waals surface area (Å²) in [5.41, 5.74) is 10.9. The number of carbonyl (C=O) groups excluding carboxylic acids is 2. The number of benzene rings is 1. The van der Waals surface area contributed by atoms with Crippen molar-refractivity contribution < 1.29 is 14.7 Å². The lowest BCUT2D eigenvalue weighted by Crippen LogP contribution is -2.38. The fourth-order valence-corrected chi connectivity index (χ4v) is 2.24. The lowest BCUT2D eigenvalue weighted by atomic mass is 9.89. The third kappa shape index (κ3) is 2.33. The van der Waals surface area contributed by atoms with Crippen LogP contribution in [0, 0.1) is 5.41 Å². The van der Waals surface area contributed by atoms with Crippen LogP contribution in [0.3, 0.4) is 0 Å². The van der Waals surface area contributed by atoms with E-state index in [-0.39, 0.29) is 23.8 Å². The highest BCUT2D eigenvalue weighted by Gasteiger charge is 2.41. The molecule has 2 rings (SSSR count). The average Bonchev–Trinajstić information content (AvgIpc) is 2.76. The normalized spacial score (nSPS) is 22.5. The molecule has 1 fully saturated rings. The second-order valence-corrected chi connectivity index (χ2v) is 5.17. The molecular formula is C13H17N3O3. The molecule has 1 aliphatic rings. The molecule has 0 radical (unpaired) electrons. The van der Waals surface area contributed by atoms with E-state index in [0.717, 1.165) is 0 Å². The summed E-state index contributed by atoms with van der Waals surface area (Å²) in [6.45, 7) is 2.47. The van der Waals surface area contributed by atoms with Crippen molar-refractivity contribution in [1.29, 1.82) is 0 Å². The van der Waals surface area contributed by atoms with Gasteiger partial charge in [0.05, 0.1) is 11.0 Å². The number of nitrogens with zero attached hydrogens (tertiary/aromatic N) is 1. The molecule has 6 heteroatoms. The van der Waals surface area contributed by atoms with Gasteiger partial charge in [-0.15, -0.1) is 0 Å². The summed E-state index contributed by atoms with van der Waals surface area (Å²) < 4.78 is 0. The maximum atomic E-state index is 12.3. The topological polar surface area (TPSA) is 110 Å². The summed E-state index contributed by atoms with van der Waals surface area (Å²) in [5, 5.41) is 9.42. The Morgan fingerprint density at radius 1 is 1.42 bits per heavy atom. The first-order chi connectivity index (χ1) is 8.83. The number of likely N-dealkylation sites (tertiary alicyclic amines) is 1. The standard InChI is InChI=1S/C13H17N3O3/c1-13(12(15)19)4-5-16(7-13)11(18)9-6-8(17)2-3-10(9)14/h2-3,6,17H,4-5,7,14H2,1H3,(H2,15,19). The zero-order valence-electron chi connectivity index (χ0n) is 10.7. The van der Waals surface area contributed by atoms with Crippen LogP contribution in [-0.2, 0) is 4.79 Å². The maximum Gasteiger partial charge on any atom is 0.256 e. The molecule has 19 heavy (non-hydrogen) atoms. The van der Waals surface area contributed by atoms with Crippen LogP contribution in [0.4, 0.5) is 5.69 Å². The highest BCUT2D eigenvalue weighted by Crippen LogP contribution is 2.31. The Labute approximate surface area is 111 Å². The second-order valence-electron chi connectivity index (χ2n) is 5.17. The Hall–Kier alpha value is -2.24. The van der Waals surface area contributed by atoms with Gasteiger partial charge in [-0.2, -0.15) is 0 Å². The molecule has 1 aromatic carbocycles. The number of hydrogen-bond acceptors (Lipinski definition) is 4. The molecule has 1 saturated heterocycles. The quantitative estimate of drug-likeness (QED) is 0.527. The molecule has 0 saturated carbocycles. The minimum Gasteiger partial charge on any atom is -0.508 e.